The number of para-hydroxylation sites is 1. The second-order valence-corrected chi connectivity index (χ2v) is 24.9. The van der Waals surface area contributed by atoms with Gasteiger partial charge in [-0.05, 0) is 143 Å². The molecule has 10 aromatic carbocycles. The Morgan fingerprint density at radius 1 is 0.414 bits per heavy atom. The lowest BCUT2D eigenvalue weighted by Gasteiger charge is -2.39. The van der Waals surface area contributed by atoms with E-state index in [1.165, 1.54) is 44.6 Å². The molecule has 0 bridgehead atoms. The molecule has 9 aliphatic rings. The van der Waals surface area contributed by atoms with Crippen LogP contribution in [0.15, 0.2) is 195 Å². The maximum absolute atomic E-state index is 6.99. The Morgan fingerprint density at radius 2 is 0.862 bits per heavy atom. The molecule has 3 atom stereocenters. The van der Waals surface area contributed by atoms with Crippen LogP contribution in [0.4, 0.5) is 39.8 Å². The molecular formula is C74H51B2N5O6. The Morgan fingerprint density at radius 3 is 1.39 bits per heavy atom. The molecule has 11 nitrogen and oxygen atoms in total. The number of fused-ring (bicyclic) bond motifs is 7. The maximum atomic E-state index is 6.99. The zero-order valence-corrected chi connectivity index (χ0v) is 47.7. The highest BCUT2D eigenvalue weighted by atomic mass is 16.5. The Hall–Kier alpha value is -10.4. The van der Waals surface area contributed by atoms with Gasteiger partial charge < -0.3 is 43.1 Å². The summed E-state index contributed by atoms with van der Waals surface area (Å²) in [5.41, 5.74) is 22.8. The number of hydrogen-bond donors (Lipinski definition) is 0. The summed E-state index contributed by atoms with van der Waals surface area (Å²) in [5, 5.41) is 0. The number of aromatic nitrogens is 2. The van der Waals surface area contributed by atoms with Crippen molar-refractivity contribution in [3.8, 4) is 69.0 Å². The van der Waals surface area contributed by atoms with E-state index in [0.717, 1.165) is 155 Å². The molecule has 11 aromatic rings. The summed E-state index contributed by atoms with van der Waals surface area (Å²) in [6.45, 7) is 6.79. The molecule has 1 aromatic heterocycles. The van der Waals surface area contributed by atoms with E-state index in [2.05, 4.69) is 173 Å². The molecular weight excluding hydrogens is 1080 g/mol. The van der Waals surface area contributed by atoms with Crippen LogP contribution in [0.2, 0.25) is 0 Å². The highest BCUT2D eigenvalue weighted by molar-refractivity contribution is 7.00. The largest absolute Gasteiger partial charge is 0.458 e. The van der Waals surface area contributed by atoms with E-state index in [1.807, 2.05) is 60.9 Å². The third-order valence-electron chi connectivity index (χ3n) is 19.9. The molecule has 0 radical (unpaired) electrons. The van der Waals surface area contributed by atoms with Crippen molar-refractivity contribution in [2.45, 2.75) is 64.0 Å². The molecule has 10 heterocycles. The topological polar surface area (TPSA) is 90.9 Å². The van der Waals surface area contributed by atoms with Crippen molar-refractivity contribution in [2.24, 2.45) is 0 Å². The smallest absolute Gasteiger partial charge is 0.270 e. The van der Waals surface area contributed by atoms with E-state index in [0.29, 0.717) is 5.92 Å². The molecule has 414 valence electrons. The first-order valence-corrected chi connectivity index (χ1v) is 30.4. The van der Waals surface area contributed by atoms with Crippen molar-refractivity contribution in [2.75, 3.05) is 14.7 Å². The number of anilines is 7. The van der Waals surface area contributed by atoms with Gasteiger partial charge in [0.2, 0.25) is 0 Å². The monoisotopic (exact) mass is 1130 g/mol. The third kappa shape index (κ3) is 6.63. The predicted molar refractivity (Wildman–Crippen MR) is 342 cm³/mol. The lowest BCUT2D eigenvalue weighted by molar-refractivity contribution is 0.442. The van der Waals surface area contributed by atoms with Gasteiger partial charge in [-0.2, -0.15) is 0 Å². The van der Waals surface area contributed by atoms with Gasteiger partial charge in [-0.15, -0.1) is 0 Å². The molecule has 87 heavy (non-hydrogen) atoms. The molecule has 0 fully saturated rings. The summed E-state index contributed by atoms with van der Waals surface area (Å²) < 4.78 is 40.8. The van der Waals surface area contributed by atoms with Crippen LogP contribution in [-0.4, -0.2) is 29.6 Å². The van der Waals surface area contributed by atoms with Gasteiger partial charge in [0.15, 0.2) is 0 Å². The van der Waals surface area contributed by atoms with Gasteiger partial charge in [-0.25, -0.2) is 9.97 Å². The minimum atomic E-state index is -0.191. The van der Waals surface area contributed by atoms with Crippen LogP contribution in [0.25, 0.3) is 0 Å². The molecule has 0 aliphatic carbocycles. The summed E-state index contributed by atoms with van der Waals surface area (Å²) >= 11 is 0. The fourth-order valence-electron chi connectivity index (χ4n) is 16.1. The Kier molecular flexibility index (Phi) is 9.57. The average molecular weight is 1130 g/mol. The fourth-order valence-corrected chi connectivity index (χ4v) is 16.1. The summed E-state index contributed by atoms with van der Waals surface area (Å²) in [7, 11) is 0. The van der Waals surface area contributed by atoms with E-state index < -0.39 is 0 Å². The molecule has 20 rings (SSSR count). The summed E-state index contributed by atoms with van der Waals surface area (Å²) in [5.74, 6) is 10.3. The van der Waals surface area contributed by atoms with Crippen LogP contribution in [0.5, 0.6) is 69.0 Å². The molecule has 0 N–H and O–H groups in total. The van der Waals surface area contributed by atoms with E-state index >= 15 is 0 Å². The van der Waals surface area contributed by atoms with E-state index in [-0.39, 0.29) is 31.4 Å². The molecule has 9 aliphatic heterocycles. The summed E-state index contributed by atoms with van der Waals surface area (Å²) in [4.78, 5) is 16.5. The Bertz CT molecular complexity index is 4750. The first-order chi connectivity index (χ1) is 42.8. The number of nitrogens with zero attached hydrogens (tertiary/aromatic N) is 5. The van der Waals surface area contributed by atoms with Gasteiger partial charge in [-0.1, -0.05) is 99.6 Å². The third-order valence-corrected chi connectivity index (χ3v) is 19.9. The number of hydrogen-bond acceptors (Lipinski definition) is 11. The highest BCUT2D eigenvalue weighted by Gasteiger charge is 2.53. The molecule has 0 amide bonds. The second kappa shape index (κ2) is 17.4. The molecule has 0 saturated heterocycles. The number of ether oxygens (including phenoxy) is 6. The van der Waals surface area contributed by atoms with Gasteiger partial charge in [-0.3, -0.25) is 0 Å². The van der Waals surface area contributed by atoms with Gasteiger partial charge in [0, 0.05) is 79.8 Å². The zero-order valence-electron chi connectivity index (χ0n) is 47.7. The SMILES string of the molecule is CC(C)c1ccc2c(c1)CCc1cc(C(C)Cc3ccc4c(c3)N(c3cc5c6c(c3)Oc3cccc7c3B6c3c(cccc3O5)O7)C3C4c4ccccc4N3c3cncnc3)ccc1N2c1cc2c3c(c1)Oc1cccc4c1B3c1c(cccc1O2)O4. The van der Waals surface area contributed by atoms with E-state index in [1.54, 1.807) is 6.33 Å². The Balaban J connectivity index is 0.693. The lowest BCUT2D eigenvalue weighted by Crippen LogP contribution is -2.59. The first-order valence-electron chi connectivity index (χ1n) is 30.4. The highest BCUT2D eigenvalue weighted by Crippen LogP contribution is 2.59. The van der Waals surface area contributed by atoms with Crippen molar-refractivity contribution >= 4 is 86.0 Å². The standard InChI is InChI=1S/C74H51B2N5O6/c1-39(2)42-23-26-51-44(30-42)21-22-45-31-43(24-27-52(45)79(51)46-32-63-72-64(33-46)85-60-17-7-13-56-69(60)75(72)68-55(82-56)12-6-16-59(68)84-63)40(3)28-41-20-25-50-54(29-41)80(74-67(50)49-10-4-5-11-53(49)81(74)48-36-77-38-78-37-48)47-34-65-73-66(35-47)87-62-19-9-15-58-71(62)76(73)70-57(83-58)14-8-18-61(70)86-65/h4-20,23-27,29-40,67,74H,21-22,28H2,1-3H3. The van der Waals surface area contributed by atoms with E-state index in [4.69, 9.17) is 28.4 Å². The van der Waals surface area contributed by atoms with Crippen LogP contribution in [0.1, 0.15) is 77.5 Å². The Labute approximate surface area is 503 Å². The molecule has 0 saturated carbocycles. The average Bonchev–Trinajstić information content (AvgIpc) is 1.75. The number of aryl methyl sites for hydroxylation is 2. The van der Waals surface area contributed by atoms with Crippen molar-refractivity contribution in [1.82, 2.24) is 9.97 Å². The van der Waals surface area contributed by atoms with Crippen molar-refractivity contribution in [3.05, 3.63) is 234 Å². The predicted octanol–water partition coefficient (Wildman–Crippen LogP) is 13.9. The van der Waals surface area contributed by atoms with Crippen molar-refractivity contribution in [1.29, 1.82) is 0 Å². The summed E-state index contributed by atoms with van der Waals surface area (Å²) in [6, 6.07) is 63.7. The van der Waals surface area contributed by atoms with Gasteiger partial charge in [0.1, 0.15) is 81.5 Å². The van der Waals surface area contributed by atoms with Gasteiger partial charge in [0.05, 0.1) is 35.4 Å². The minimum absolute atomic E-state index is 0.00813. The maximum Gasteiger partial charge on any atom is 0.270 e. The fraction of sp³-hybridized carbons (Fsp3) is 0.135. The van der Waals surface area contributed by atoms with Gasteiger partial charge >= 0.3 is 0 Å². The number of benzene rings is 10. The van der Waals surface area contributed by atoms with Crippen LogP contribution in [0.3, 0.4) is 0 Å². The van der Waals surface area contributed by atoms with Gasteiger partial charge in [0.25, 0.3) is 13.4 Å². The van der Waals surface area contributed by atoms with E-state index in [9.17, 15) is 0 Å². The first kappa shape index (κ1) is 47.9. The van der Waals surface area contributed by atoms with Crippen LogP contribution in [0, 0.1) is 0 Å². The second-order valence-electron chi connectivity index (χ2n) is 24.9. The minimum Gasteiger partial charge on any atom is -0.458 e. The van der Waals surface area contributed by atoms with Crippen molar-refractivity contribution < 1.29 is 28.4 Å². The van der Waals surface area contributed by atoms with Crippen molar-refractivity contribution in [3.63, 3.8) is 0 Å². The lowest BCUT2D eigenvalue weighted by atomic mass is 9.34. The normalized spacial score (nSPS) is 17.1. The zero-order chi connectivity index (χ0) is 57.1. The quantitative estimate of drug-likeness (QED) is 0.143. The van der Waals surface area contributed by atoms with Crippen LogP contribution in [-0.2, 0) is 19.3 Å². The molecule has 0 spiro atoms. The summed E-state index contributed by atoms with van der Waals surface area (Å²) in [6.07, 6.45) is 7.90. The number of rotatable bonds is 7. The molecule has 3 unspecified atom stereocenters. The molecule has 13 heteroatoms. The van der Waals surface area contributed by atoms with Crippen LogP contribution < -0.4 is 75.9 Å². The van der Waals surface area contributed by atoms with Crippen LogP contribution >= 0.6 is 0 Å².